The number of rotatable bonds is 3. The number of nitrogens with two attached hydrogens (primary N) is 1. The Kier molecular flexibility index (Phi) is 4.56. The Bertz CT molecular complexity index is 1320. The second-order valence-electron chi connectivity index (χ2n) is 6.61. The molecule has 29 heavy (non-hydrogen) atoms. The van der Waals surface area contributed by atoms with Gasteiger partial charge in [-0.05, 0) is 42.8 Å². The molecule has 0 radical (unpaired) electrons. The van der Waals surface area contributed by atoms with E-state index in [-0.39, 0.29) is 16.8 Å². The fourth-order valence-electron chi connectivity index (χ4n) is 3.35. The summed E-state index contributed by atoms with van der Waals surface area (Å²) < 4.78 is 12.0. The van der Waals surface area contributed by atoms with Crippen LogP contribution in [0.25, 0.3) is 27.8 Å². The second-order valence-corrected chi connectivity index (χ2v) is 7.05. The minimum atomic E-state index is -0.859. The maximum Gasteiger partial charge on any atom is 0.345 e. The van der Waals surface area contributed by atoms with Gasteiger partial charge in [-0.3, -0.25) is 9.36 Å². The second kappa shape index (κ2) is 6.95. The molecule has 1 atom stereocenters. The molecule has 2 aromatic heterocycles. The van der Waals surface area contributed by atoms with Gasteiger partial charge in [0.25, 0.3) is 5.56 Å². The Labute approximate surface area is 169 Å². The maximum absolute atomic E-state index is 13.3. The lowest BCUT2D eigenvalue weighted by molar-refractivity contribution is 0.0599. The topological polar surface area (TPSA) is 108 Å². The van der Waals surface area contributed by atoms with Crippen LogP contribution < -0.4 is 11.3 Å². The van der Waals surface area contributed by atoms with Crippen LogP contribution in [0.5, 0.6) is 0 Å². The summed E-state index contributed by atoms with van der Waals surface area (Å²) in [6, 6.07) is 11.7. The van der Waals surface area contributed by atoms with Gasteiger partial charge in [-0.15, -0.1) is 0 Å². The van der Waals surface area contributed by atoms with E-state index in [1.807, 2.05) is 0 Å². The van der Waals surface area contributed by atoms with E-state index in [1.165, 1.54) is 11.7 Å². The third kappa shape index (κ3) is 2.95. The van der Waals surface area contributed by atoms with Crippen molar-refractivity contribution in [2.24, 2.45) is 0 Å². The highest BCUT2D eigenvalue weighted by molar-refractivity contribution is 6.31. The summed E-state index contributed by atoms with van der Waals surface area (Å²) in [7, 11) is 1.17. The lowest BCUT2D eigenvalue weighted by atomic mass is 10.1. The van der Waals surface area contributed by atoms with E-state index in [4.69, 9.17) is 26.5 Å². The smallest absolute Gasteiger partial charge is 0.345 e. The number of aliphatic hydroxyl groups is 1. The maximum atomic E-state index is 13.3. The zero-order chi connectivity index (χ0) is 20.9. The summed E-state index contributed by atoms with van der Waals surface area (Å²) in [6.45, 7) is 1.64. The molecule has 2 heterocycles. The van der Waals surface area contributed by atoms with E-state index in [0.717, 1.165) is 0 Å². The molecule has 3 N–H and O–H groups in total. The van der Waals surface area contributed by atoms with Gasteiger partial charge in [-0.25, -0.2) is 4.79 Å². The van der Waals surface area contributed by atoms with Crippen LogP contribution in [0.2, 0.25) is 5.02 Å². The van der Waals surface area contributed by atoms with Crippen LogP contribution >= 0.6 is 11.6 Å². The quantitative estimate of drug-likeness (QED) is 0.495. The zero-order valence-corrected chi connectivity index (χ0v) is 16.4. The Morgan fingerprint density at radius 3 is 2.55 bits per heavy atom. The molecule has 8 heteroatoms. The summed E-state index contributed by atoms with van der Waals surface area (Å²) >= 11 is 6.15. The van der Waals surface area contributed by atoms with Gasteiger partial charge < -0.3 is 20.0 Å². The monoisotopic (exact) mass is 412 g/mol. The van der Waals surface area contributed by atoms with Crippen molar-refractivity contribution in [1.29, 1.82) is 0 Å². The predicted molar refractivity (Wildman–Crippen MR) is 111 cm³/mol. The highest BCUT2D eigenvalue weighted by atomic mass is 35.5. The third-order valence-corrected chi connectivity index (χ3v) is 5.04. The number of esters is 1. The molecule has 7 nitrogen and oxygen atoms in total. The first kappa shape index (κ1) is 19.0. The molecule has 0 saturated heterocycles. The van der Waals surface area contributed by atoms with Crippen LogP contribution in [0.1, 0.15) is 28.9 Å². The van der Waals surface area contributed by atoms with Gasteiger partial charge in [0, 0.05) is 16.1 Å². The minimum absolute atomic E-state index is 0.0963. The van der Waals surface area contributed by atoms with Crippen molar-refractivity contribution >= 4 is 45.3 Å². The zero-order valence-electron chi connectivity index (χ0n) is 15.6. The van der Waals surface area contributed by atoms with Gasteiger partial charge in [0.15, 0.2) is 11.1 Å². The average molecular weight is 413 g/mol. The summed E-state index contributed by atoms with van der Waals surface area (Å²) in [6.07, 6.45) is -0.661. The molecule has 4 rings (SSSR count). The van der Waals surface area contributed by atoms with Crippen molar-refractivity contribution in [1.82, 2.24) is 4.57 Å². The standard InChI is InChI=1S/C21H17ClN2O5/c1-10(25)11-3-6-13(7-4-11)24-18-14-9-12(22)5-8-15(14)29-19(18)17(23)16(20(24)26)21(27)28-2/h3-10,25H,23H2,1-2H3. The molecule has 2 aromatic carbocycles. The number of hydrogen-bond acceptors (Lipinski definition) is 6. The molecular formula is C21H17ClN2O5. The van der Waals surface area contributed by atoms with Crippen molar-refractivity contribution in [3.63, 3.8) is 0 Å². The number of furan rings is 1. The van der Waals surface area contributed by atoms with Crippen LogP contribution in [-0.2, 0) is 4.74 Å². The largest absolute Gasteiger partial charge is 0.465 e. The Balaban J connectivity index is 2.18. The van der Waals surface area contributed by atoms with Crippen molar-refractivity contribution in [3.05, 3.63) is 69.0 Å². The van der Waals surface area contributed by atoms with Crippen LogP contribution in [0.15, 0.2) is 51.7 Å². The number of pyridine rings is 1. The first-order chi connectivity index (χ1) is 13.8. The van der Waals surface area contributed by atoms with Gasteiger partial charge in [0.2, 0.25) is 0 Å². The van der Waals surface area contributed by atoms with Gasteiger partial charge in [-0.1, -0.05) is 23.7 Å². The first-order valence-corrected chi connectivity index (χ1v) is 9.14. The number of methoxy groups -OCH3 is 1. The molecule has 0 aliphatic heterocycles. The number of ether oxygens (including phenoxy) is 1. The van der Waals surface area contributed by atoms with Gasteiger partial charge >= 0.3 is 5.97 Å². The molecule has 0 spiro atoms. The number of aromatic nitrogens is 1. The fraction of sp³-hybridized carbons (Fsp3) is 0.143. The van der Waals surface area contributed by atoms with Crippen LogP contribution in [0.3, 0.4) is 0 Å². The molecule has 0 aliphatic rings. The summed E-state index contributed by atoms with van der Waals surface area (Å²) in [5.74, 6) is -0.859. The number of benzene rings is 2. The first-order valence-electron chi connectivity index (χ1n) is 8.76. The molecule has 0 aliphatic carbocycles. The van der Waals surface area contributed by atoms with E-state index in [9.17, 15) is 14.7 Å². The Morgan fingerprint density at radius 1 is 1.24 bits per heavy atom. The molecule has 148 valence electrons. The summed E-state index contributed by atoms with van der Waals surface area (Å²) in [4.78, 5) is 25.6. The average Bonchev–Trinajstić information content (AvgIpc) is 3.07. The number of carbonyl (C=O) groups excluding carboxylic acids is 1. The lowest BCUT2D eigenvalue weighted by Gasteiger charge is -2.13. The summed E-state index contributed by atoms with van der Waals surface area (Å²) in [5.41, 5.74) is 7.27. The SMILES string of the molecule is COC(=O)c1c(N)c2oc3ccc(Cl)cc3c2n(-c2ccc(C(C)O)cc2)c1=O. The van der Waals surface area contributed by atoms with E-state index in [0.29, 0.717) is 32.8 Å². The number of nitrogens with zero attached hydrogens (tertiary/aromatic N) is 1. The predicted octanol–water partition coefficient (Wildman–Crippen LogP) is 3.81. The fourth-order valence-corrected chi connectivity index (χ4v) is 3.52. The van der Waals surface area contributed by atoms with Crippen LogP contribution in [0.4, 0.5) is 5.69 Å². The molecule has 0 bridgehead atoms. The minimum Gasteiger partial charge on any atom is -0.465 e. The number of aliphatic hydroxyl groups excluding tert-OH is 1. The lowest BCUT2D eigenvalue weighted by Crippen LogP contribution is -2.28. The van der Waals surface area contributed by atoms with Gasteiger partial charge in [0.05, 0.1) is 18.9 Å². The Hall–Kier alpha value is -3.29. The van der Waals surface area contributed by atoms with E-state index < -0.39 is 17.6 Å². The number of nitrogen functional groups attached to an aromatic ring is 1. The molecule has 0 fully saturated rings. The van der Waals surface area contributed by atoms with E-state index in [2.05, 4.69) is 0 Å². The number of fused-ring (bicyclic) bond motifs is 3. The highest BCUT2D eigenvalue weighted by Gasteiger charge is 2.26. The molecule has 0 saturated carbocycles. The van der Waals surface area contributed by atoms with E-state index in [1.54, 1.807) is 49.4 Å². The van der Waals surface area contributed by atoms with Gasteiger partial charge in [-0.2, -0.15) is 0 Å². The number of halogens is 1. The summed E-state index contributed by atoms with van der Waals surface area (Å²) in [5, 5.41) is 10.8. The van der Waals surface area contributed by atoms with Crippen molar-refractivity contribution < 1.29 is 19.1 Å². The van der Waals surface area contributed by atoms with E-state index >= 15 is 0 Å². The van der Waals surface area contributed by atoms with Crippen molar-refractivity contribution in [3.8, 4) is 5.69 Å². The molecule has 0 amide bonds. The van der Waals surface area contributed by atoms with Crippen molar-refractivity contribution in [2.45, 2.75) is 13.0 Å². The van der Waals surface area contributed by atoms with Crippen LogP contribution in [0, 0.1) is 0 Å². The van der Waals surface area contributed by atoms with Gasteiger partial charge in [0.1, 0.15) is 11.1 Å². The Morgan fingerprint density at radius 2 is 1.93 bits per heavy atom. The number of anilines is 1. The molecular weight excluding hydrogens is 396 g/mol. The number of hydrogen-bond donors (Lipinski definition) is 2. The van der Waals surface area contributed by atoms with Crippen LogP contribution in [-0.4, -0.2) is 22.8 Å². The highest BCUT2D eigenvalue weighted by Crippen LogP contribution is 2.35. The normalized spacial score (nSPS) is 12.4. The molecule has 1 unspecified atom stereocenters. The molecule has 4 aromatic rings. The number of carbonyl (C=O) groups is 1. The van der Waals surface area contributed by atoms with Crippen molar-refractivity contribution in [2.75, 3.05) is 12.8 Å². The third-order valence-electron chi connectivity index (χ3n) is 4.80.